The number of halogens is 3. The third-order valence-electron chi connectivity index (χ3n) is 4.30. The lowest BCUT2D eigenvalue weighted by Gasteiger charge is -2.11. The van der Waals surface area contributed by atoms with Gasteiger partial charge in [-0.05, 0) is 25.1 Å². The number of nitrogen functional groups attached to an aromatic ring is 1. The van der Waals surface area contributed by atoms with E-state index in [1.165, 1.54) is 31.4 Å². The van der Waals surface area contributed by atoms with Gasteiger partial charge >= 0.3 is 0 Å². The molecule has 0 radical (unpaired) electrons. The topological polar surface area (TPSA) is 116 Å². The van der Waals surface area contributed by atoms with Crippen LogP contribution in [0.4, 0.5) is 19.0 Å². The number of alkyl halides is 2. The van der Waals surface area contributed by atoms with Crippen LogP contribution in [0.2, 0.25) is 0 Å². The van der Waals surface area contributed by atoms with Crippen molar-refractivity contribution >= 4 is 16.9 Å². The minimum Gasteiger partial charge on any atom is -0.383 e. The number of anilines is 1. The van der Waals surface area contributed by atoms with Gasteiger partial charge in [-0.1, -0.05) is 17.0 Å². The fourth-order valence-electron chi connectivity index (χ4n) is 2.79. The van der Waals surface area contributed by atoms with Crippen molar-refractivity contribution in [1.82, 2.24) is 24.9 Å². The Bertz CT molecular complexity index is 1290. The minimum absolute atomic E-state index is 0.0397. The summed E-state index contributed by atoms with van der Waals surface area (Å²) in [7, 11) is 0. The molecule has 0 aliphatic rings. The first-order valence-electron chi connectivity index (χ1n) is 8.51. The van der Waals surface area contributed by atoms with Crippen LogP contribution in [-0.2, 0) is 5.60 Å². The van der Waals surface area contributed by atoms with Gasteiger partial charge in [0.25, 0.3) is 6.43 Å². The average molecular weight is 414 g/mol. The molecule has 0 bridgehead atoms. The van der Waals surface area contributed by atoms with Gasteiger partial charge < -0.3 is 15.4 Å². The lowest BCUT2D eigenvalue weighted by molar-refractivity contribution is 0.112. The van der Waals surface area contributed by atoms with Crippen molar-refractivity contribution in [2.45, 2.75) is 19.0 Å². The molecule has 0 aliphatic carbocycles. The van der Waals surface area contributed by atoms with E-state index in [1.807, 2.05) is 0 Å². The second-order valence-corrected chi connectivity index (χ2v) is 6.43. The molecule has 0 aliphatic heterocycles. The number of rotatable bonds is 3. The van der Waals surface area contributed by atoms with Gasteiger partial charge in [-0.2, -0.15) is 5.10 Å². The quantitative estimate of drug-likeness (QED) is 0.495. The first-order valence-corrected chi connectivity index (χ1v) is 8.51. The van der Waals surface area contributed by atoms with Crippen LogP contribution in [0.1, 0.15) is 30.3 Å². The highest BCUT2D eigenvalue weighted by Crippen LogP contribution is 2.31. The molecule has 0 saturated heterocycles. The molecule has 8 nitrogen and oxygen atoms in total. The number of nitrogens with two attached hydrogens (primary N) is 1. The zero-order valence-electron chi connectivity index (χ0n) is 15.3. The summed E-state index contributed by atoms with van der Waals surface area (Å²) in [5.74, 6) is 4.23. The predicted octanol–water partition coefficient (Wildman–Crippen LogP) is 2.72. The summed E-state index contributed by atoms with van der Waals surface area (Å²) < 4.78 is 46.9. The second kappa shape index (κ2) is 7.16. The van der Waals surface area contributed by atoms with Gasteiger partial charge in [-0.15, -0.1) is 0 Å². The Kier molecular flexibility index (Phi) is 4.63. The first kappa shape index (κ1) is 19.4. The van der Waals surface area contributed by atoms with Crippen molar-refractivity contribution in [2.75, 3.05) is 5.73 Å². The Balaban J connectivity index is 1.83. The number of fused-ring (bicyclic) bond motifs is 1. The highest BCUT2D eigenvalue weighted by molar-refractivity contribution is 5.89. The smallest absolute Gasteiger partial charge is 0.282 e. The van der Waals surface area contributed by atoms with E-state index in [4.69, 9.17) is 5.73 Å². The molecule has 0 saturated carbocycles. The molecule has 0 amide bonds. The molecule has 4 rings (SSSR count). The van der Waals surface area contributed by atoms with Gasteiger partial charge in [0.05, 0.1) is 16.6 Å². The van der Waals surface area contributed by atoms with Gasteiger partial charge in [0.15, 0.2) is 11.2 Å². The van der Waals surface area contributed by atoms with Crippen LogP contribution >= 0.6 is 0 Å². The number of nitrogens with zero attached hydrogens (tertiary/aromatic N) is 5. The molecule has 11 heteroatoms. The Labute approximate surface area is 167 Å². The lowest BCUT2D eigenvalue weighted by atomic mass is 10.0. The van der Waals surface area contributed by atoms with Gasteiger partial charge in [-0.25, -0.2) is 27.8 Å². The van der Waals surface area contributed by atoms with E-state index in [1.54, 1.807) is 0 Å². The van der Waals surface area contributed by atoms with E-state index >= 15 is 0 Å². The third-order valence-corrected chi connectivity index (χ3v) is 4.30. The molecule has 1 atom stereocenters. The highest BCUT2D eigenvalue weighted by Gasteiger charge is 2.24. The summed E-state index contributed by atoms with van der Waals surface area (Å²) in [6.45, 7) is 1.37. The van der Waals surface area contributed by atoms with Crippen molar-refractivity contribution in [3.8, 4) is 17.5 Å². The van der Waals surface area contributed by atoms with Crippen LogP contribution in [-0.4, -0.2) is 30.0 Å². The maximum Gasteiger partial charge on any atom is 0.282 e. The van der Waals surface area contributed by atoms with Crippen LogP contribution in [0.3, 0.4) is 0 Å². The third kappa shape index (κ3) is 3.33. The van der Waals surface area contributed by atoms with Crippen LogP contribution in [0.15, 0.2) is 41.4 Å². The number of benzene rings is 1. The molecule has 0 unspecified atom stereocenters. The van der Waals surface area contributed by atoms with Gasteiger partial charge in [-0.3, -0.25) is 0 Å². The van der Waals surface area contributed by atoms with Crippen LogP contribution in [0.25, 0.3) is 16.7 Å². The molecular formula is C19H13F3N6O2. The molecule has 1 aromatic carbocycles. The maximum absolute atomic E-state index is 14.3. The van der Waals surface area contributed by atoms with E-state index in [0.717, 1.165) is 17.1 Å². The van der Waals surface area contributed by atoms with E-state index in [2.05, 4.69) is 36.6 Å². The summed E-state index contributed by atoms with van der Waals surface area (Å²) in [5, 5.41) is 17.8. The minimum atomic E-state index is -2.92. The monoisotopic (exact) mass is 414 g/mol. The summed E-state index contributed by atoms with van der Waals surface area (Å²) in [4.78, 5) is 7.71. The maximum atomic E-state index is 14.3. The zero-order valence-corrected chi connectivity index (χ0v) is 15.3. The Hall–Kier alpha value is -3.91. The zero-order chi connectivity index (χ0) is 21.5. The largest absolute Gasteiger partial charge is 0.383 e. The SMILES string of the molecule is C[C@@](O)(C#Cc1cc(-n2nc(C(F)F)c3c(N)ncnc32)ccc1F)c1ccon1. The first-order chi connectivity index (χ1) is 14.3. The molecule has 0 fully saturated rings. The summed E-state index contributed by atoms with van der Waals surface area (Å²) >= 11 is 0. The average Bonchev–Trinajstić information content (AvgIpc) is 3.37. The molecule has 3 N–H and O–H groups in total. The fraction of sp³-hybridized carbons (Fsp3) is 0.158. The molecule has 3 aromatic heterocycles. The summed E-state index contributed by atoms with van der Waals surface area (Å²) in [6.07, 6.45) is -0.534. The molecule has 3 heterocycles. The molecule has 4 aromatic rings. The Morgan fingerprint density at radius 3 is 2.77 bits per heavy atom. The van der Waals surface area contributed by atoms with Crippen molar-refractivity contribution < 1.29 is 22.8 Å². The molecule has 30 heavy (non-hydrogen) atoms. The normalized spacial score (nSPS) is 13.3. The molecule has 152 valence electrons. The number of aromatic nitrogens is 5. The summed E-state index contributed by atoms with van der Waals surface area (Å²) in [6, 6.07) is 5.15. The summed E-state index contributed by atoms with van der Waals surface area (Å²) in [5.41, 5.74) is 3.75. The lowest BCUT2D eigenvalue weighted by Crippen LogP contribution is -2.18. The second-order valence-electron chi connectivity index (χ2n) is 6.43. The van der Waals surface area contributed by atoms with E-state index in [0.29, 0.717) is 0 Å². The van der Waals surface area contributed by atoms with Gasteiger partial charge in [0.1, 0.15) is 35.6 Å². The molecule has 0 spiro atoms. The number of hydrogen-bond acceptors (Lipinski definition) is 7. The molecular weight excluding hydrogens is 401 g/mol. The van der Waals surface area contributed by atoms with Crippen molar-refractivity contribution in [2.24, 2.45) is 0 Å². The van der Waals surface area contributed by atoms with Crippen molar-refractivity contribution in [3.63, 3.8) is 0 Å². The van der Waals surface area contributed by atoms with Crippen LogP contribution in [0, 0.1) is 17.7 Å². The van der Waals surface area contributed by atoms with E-state index in [9.17, 15) is 18.3 Å². The van der Waals surface area contributed by atoms with Crippen LogP contribution in [0.5, 0.6) is 0 Å². The van der Waals surface area contributed by atoms with Gasteiger partial charge in [0.2, 0.25) is 0 Å². The Morgan fingerprint density at radius 2 is 2.07 bits per heavy atom. The van der Waals surface area contributed by atoms with Gasteiger partial charge in [0, 0.05) is 6.07 Å². The predicted molar refractivity (Wildman–Crippen MR) is 98.9 cm³/mol. The highest BCUT2D eigenvalue weighted by atomic mass is 19.3. The van der Waals surface area contributed by atoms with Crippen molar-refractivity contribution in [1.29, 1.82) is 0 Å². The van der Waals surface area contributed by atoms with Crippen LogP contribution < -0.4 is 5.73 Å². The van der Waals surface area contributed by atoms with Crippen molar-refractivity contribution in [3.05, 3.63) is 59.6 Å². The van der Waals surface area contributed by atoms with E-state index < -0.39 is 23.5 Å². The number of hydrogen-bond donors (Lipinski definition) is 2. The number of aliphatic hydroxyl groups is 1. The Morgan fingerprint density at radius 1 is 1.27 bits per heavy atom. The fourth-order valence-corrected chi connectivity index (χ4v) is 2.79. The standard InChI is InChI=1S/C19H13F3N6O2/c1-19(29,13-5-7-30-27-13)6-4-10-8-11(2-3-12(10)20)28-18-14(15(26-28)16(21)22)17(23)24-9-25-18/h2-3,5,7-9,16,29H,1H3,(H2,23,24,25)/t19-/m1/s1. The van der Waals surface area contributed by atoms with E-state index in [-0.39, 0.29) is 33.8 Å².